The molecule has 168 valence electrons. The van der Waals surface area contributed by atoms with Gasteiger partial charge < -0.3 is 9.15 Å². The minimum absolute atomic E-state index is 0.0812. The van der Waals surface area contributed by atoms with Crippen LogP contribution in [0.2, 0.25) is 0 Å². The van der Waals surface area contributed by atoms with E-state index in [1.165, 1.54) is 29.7 Å². The second-order valence-electron chi connectivity index (χ2n) is 6.80. The summed E-state index contributed by atoms with van der Waals surface area (Å²) < 4.78 is 49.5. The van der Waals surface area contributed by atoms with Gasteiger partial charge in [-0.15, -0.1) is 11.3 Å². The molecule has 0 saturated heterocycles. The Morgan fingerprint density at radius 2 is 1.75 bits per heavy atom. The Balaban J connectivity index is 0.00000141. The highest BCUT2D eigenvalue weighted by molar-refractivity contribution is 7.15. The first-order chi connectivity index (χ1) is 15.2. The van der Waals surface area contributed by atoms with Gasteiger partial charge in [0.1, 0.15) is 22.9 Å². The number of rotatable bonds is 4. The summed E-state index contributed by atoms with van der Waals surface area (Å²) in [5, 5.41) is 1.11. The van der Waals surface area contributed by atoms with Gasteiger partial charge in [-0.1, -0.05) is 26.0 Å². The van der Waals surface area contributed by atoms with E-state index in [1.807, 2.05) is 20.8 Å². The number of thiazole rings is 1. The van der Waals surface area contributed by atoms with Crippen LogP contribution in [0.4, 0.5) is 13.2 Å². The summed E-state index contributed by atoms with van der Waals surface area (Å²) in [5.41, 5.74) is 1.56. The van der Waals surface area contributed by atoms with E-state index < -0.39 is 11.7 Å². The van der Waals surface area contributed by atoms with E-state index in [2.05, 4.69) is 4.98 Å². The maximum absolute atomic E-state index is 12.7. The number of halogens is 3. The molecule has 8 heteroatoms. The van der Waals surface area contributed by atoms with Crippen LogP contribution in [0.1, 0.15) is 35.5 Å². The summed E-state index contributed by atoms with van der Waals surface area (Å²) in [6, 6.07) is 9.95. The summed E-state index contributed by atoms with van der Waals surface area (Å²) in [5.74, 6) is 0.540. The number of ether oxygens (including phenoxy) is 1. The van der Waals surface area contributed by atoms with Crippen molar-refractivity contribution in [3.8, 4) is 16.3 Å². The Bertz CT molecular complexity index is 1270. The van der Waals surface area contributed by atoms with Crippen LogP contribution in [0.15, 0.2) is 57.9 Å². The van der Waals surface area contributed by atoms with Gasteiger partial charge in [-0.3, -0.25) is 4.79 Å². The fourth-order valence-corrected chi connectivity index (χ4v) is 3.91. The van der Waals surface area contributed by atoms with Crippen molar-refractivity contribution in [3.05, 3.63) is 80.6 Å². The maximum Gasteiger partial charge on any atom is 0.416 e. The molecule has 2 aromatic heterocycles. The fourth-order valence-electron chi connectivity index (χ4n) is 2.93. The number of aryl methyl sites for hydroxylation is 2. The van der Waals surface area contributed by atoms with Crippen molar-refractivity contribution < 1.29 is 22.3 Å². The van der Waals surface area contributed by atoms with Crippen LogP contribution in [0.25, 0.3) is 21.5 Å². The zero-order chi connectivity index (χ0) is 23.5. The quantitative estimate of drug-likeness (QED) is 0.324. The first-order valence-corrected chi connectivity index (χ1v) is 10.8. The number of hydrogen-bond donors (Lipinski definition) is 0. The molecule has 0 aliphatic heterocycles. The first kappa shape index (κ1) is 23.5. The number of alkyl halides is 3. The van der Waals surface area contributed by atoms with Crippen molar-refractivity contribution in [3.63, 3.8) is 0 Å². The Kier molecular flexibility index (Phi) is 7.03. The van der Waals surface area contributed by atoms with E-state index in [9.17, 15) is 18.0 Å². The second-order valence-corrected chi connectivity index (χ2v) is 7.88. The van der Waals surface area contributed by atoms with Crippen LogP contribution in [-0.2, 0) is 12.8 Å². The zero-order valence-corrected chi connectivity index (χ0v) is 18.9. The third-order valence-electron chi connectivity index (χ3n) is 4.64. The number of nitrogens with zero attached hydrogens (tertiary/aromatic N) is 1. The molecule has 0 fully saturated rings. The smallest absolute Gasteiger partial charge is 0.416 e. The van der Waals surface area contributed by atoms with Gasteiger partial charge in [0.05, 0.1) is 27.8 Å². The molecule has 0 unspecified atom stereocenters. The lowest BCUT2D eigenvalue weighted by Crippen LogP contribution is -2.04. The monoisotopic (exact) mass is 461 g/mol. The molecule has 4 aromatic rings. The summed E-state index contributed by atoms with van der Waals surface area (Å²) in [6.45, 7) is 7.76. The van der Waals surface area contributed by atoms with Crippen LogP contribution in [0, 0.1) is 13.8 Å². The lowest BCUT2D eigenvalue weighted by atomic mass is 10.1. The first-order valence-electron chi connectivity index (χ1n) is 10.0. The van der Waals surface area contributed by atoms with Crippen LogP contribution in [-0.4, -0.2) is 4.98 Å². The van der Waals surface area contributed by atoms with Gasteiger partial charge >= 0.3 is 6.18 Å². The Labute approximate surface area is 187 Å². The van der Waals surface area contributed by atoms with Crippen molar-refractivity contribution in [1.29, 1.82) is 0 Å². The van der Waals surface area contributed by atoms with Crippen LogP contribution in [0.5, 0.6) is 5.75 Å². The van der Waals surface area contributed by atoms with Crippen LogP contribution < -0.4 is 10.2 Å². The van der Waals surface area contributed by atoms with Crippen LogP contribution >= 0.6 is 11.3 Å². The Morgan fingerprint density at radius 1 is 1.06 bits per heavy atom. The molecule has 4 rings (SSSR count). The third kappa shape index (κ3) is 5.02. The molecular formula is C24H22F3NO3S. The predicted octanol–water partition coefficient (Wildman–Crippen LogP) is 7.16. The summed E-state index contributed by atoms with van der Waals surface area (Å²) >= 11 is 1.36. The highest BCUT2D eigenvalue weighted by atomic mass is 32.1. The van der Waals surface area contributed by atoms with E-state index in [0.717, 1.165) is 22.7 Å². The molecule has 0 bridgehead atoms. The largest absolute Gasteiger partial charge is 0.488 e. The SMILES string of the molecule is CC.Cc1nc(-c2ccc(C(F)(F)F)cc2)sc1COc1ccc2c(=O)c(C)coc2c1. The molecule has 0 N–H and O–H groups in total. The van der Waals surface area contributed by atoms with Crippen molar-refractivity contribution in [2.75, 3.05) is 0 Å². The predicted molar refractivity (Wildman–Crippen MR) is 120 cm³/mol. The molecule has 0 aliphatic carbocycles. The molecule has 0 aliphatic rings. The molecule has 4 nitrogen and oxygen atoms in total. The van der Waals surface area contributed by atoms with E-state index in [4.69, 9.17) is 9.15 Å². The van der Waals surface area contributed by atoms with Gasteiger partial charge in [-0.2, -0.15) is 13.2 Å². The molecule has 0 atom stereocenters. The van der Waals surface area contributed by atoms with Gasteiger partial charge in [-0.25, -0.2) is 4.98 Å². The maximum atomic E-state index is 12.7. The number of hydrogen-bond acceptors (Lipinski definition) is 5. The van der Waals surface area contributed by atoms with Gasteiger partial charge in [0.15, 0.2) is 5.43 Å². The summed E-state index contributed by atoms with van der Waals surface area (Å²) in [4.78, 5) is 17.4. The minimum atomic E-state index is -4.37. The van der Waals surface area contributed by atoms with Crippen molar-refractivity contribution in [2.45, 2.75) is 40.5 Å². The average molecular weight is 462 g/mol. The van der Waals surface area contributed by atoms with Crippen molar-refractivity contribution in [1.82, 2.24) is 4.98 Å². The standard InChI is InChI=1S/C22H16F3NO3S.C2H6/c1-12-10-29-18-9-16(7-8-17(18)20(12)27)28-11-19-13(2)26-21(30-19)14-3-5-15(6-4-14)22(23,24)25;1-2/h3-10H,11H2,1-2H3;1-2H3. The second kappa shape index (κ2) is 9.56. The Morgan fingerprint density at radius 3 is 2.41 bits per heavy atom. The highest BCUT2D eigenvalue weighted by Crippen LogP contribution is 2.33. The lowest BCUT2D eigenvalue weighted by molar-refractivity contribution is -0.137. The molecule has 0 spiro atoms. The summed E-state index contributed by atoms with van der Waals surface area (Å²) in [7, 11) is 0. The van der Waals surface area contributed by atoms with Gasteiger partial charge in [0.2, 0.25) is 0 Å². The molecule has 0 radical (unpaired) electrons. The van der Waals surface area contributed by atoms with Crippen molar-refractivity contribution >= 4 is 22.3 Å². The zero-order valence-electron chi connectivity index (χ0n) is 18.0. The van der Waals surface area contributed by atoms with E-state index >= 15 is 0 Å². The highest BCUT2D eigenvalue weighted by Gasteiger charge is 2.30. The topological polar surface area (TPSA) is 52.3 Å². The normalized spacial score (nSPS) is 11.2. The van der Waals surface area contributed by atoms with Gasteiger partial charge in [0, 0.05) is 17.2 Å². The molecule has 32 heavy (non-hydrogen) atoms. The molecule has 2 heterocycles. The summed E-state index contributed by atoms with van der Waals surface area (Å²) in [6.07, 6.45) is -2.95. The van der Waals surface area contributed by atoms with E-state index in [-0.39, 0.29) is 12.0 Å². The molecule has 0 amide bonds. The molecule has 2 aromatic carbocycles. The van der Waals surface area contributed by atoms with E-state index in [1.54, 1.807) is 25.1 Å². The minimum Gasteiger partial charge on any atom is -0.488 e. The van der Waals surface area contributed by atoms with Gasteiger partial charge in [-0.05, 0) is 38.1 Å². The van der Waals surface area contributed by atoms with Gasteiger partial charge in [0.25, 0.3) is 0 Å². The fraction of sp³-hybridized carbons (Fsp3) is 0.250. The van der Waals surface area contributed by atoms with Crippen LogP contribution in [0.3, 0.4) is 0 Å². The van der Waals surface area contributed by atoms with E-state index in [0.29, 0.717) is 32.9 Å². The lowest BCUT2D eigenvalue weighted by Gasteiger charge is -2.06. The number of fused-ring (bicyclic) bond motifs is 1. The average Bonchev–Trinajstić information content (AvgIpc) is 3.16. The third-order valence-corrected chi connectivity index (χ3v) is 5.82. The number of aromatic nitrogens is 1. The Hall–Kier alpha value is -3.13. The molecular weight excluding hydrogens is 439 g/mol. The van der Waals surface area contributed by atoms with Crippen molar-refractivity contribution in [2.24, 2.45) is 0 Å². The number of benzene rings is 2. The molecule has 0 saturated carbocycles.